The molecule has 122 valence electrons. The molecule has 1 fully saturated rings. The number of hydrogen-bond donors (Lipinski definition) is 0. The molecule has 5 nitrogen and oxygen atoms in total. The van der Waals surface area contributed by atoms with E-state index in [9.17, 15) is 4.79 Å². The maximum absolute atomic E-state index is 12.4. The normalized spacial score (nSPS) is 15.0. The molecular formula is C19H19N3O2. The zero-order valence-corrected chi connectivity index (χ0v) is 13.4. The Balaban J connectivity index is 1.49. The van der Waals surface area contributed by atoms with Crippen LogP contribution in [0.3, 0.4) is 0 Å². The van der Waals surface area contributed by atoms with Crippen LogP contribution in [0.1, 0.15) is 34.5 Å². The number of amides is 1. The van der Waals surface area contributed by atoms with Crippen molar-refractivity contribution in [3.63, 3.8) is 0 Å². The molecule has 0 saturated carbocycles. The van der Waals surface area contributed by atoms with Crippen LogP contribution in [0.2, 0.25) is 0 Å². The van der Waals surface area contributed by atoms with E-state index in [1.165, 1.54) is 11.8 Å². The van der Waals surface area contributed by atoms with Gasteiger partial charge in [-0.25, -0.2) is 4.98 Å². The summed E-state index contributed by atoms with van der Waals surface area (Å²) in [5.74, 6) is -0.0338. The van der Waals surface area contributed by atoms with Gasteiger partial charge in [-0.05, 0) is 30.5 Å². The molecule has 1 aliphatic rings. The van der Waals surface area contributed by atoms with Gasteiger partial charge in [0.15, 0.2) is 0 Å². The van der Waals surface area contributed by atoms with Crippen molar-refractivity contribution in [3.05, 3.63) is 65.5 Å². The lowest BCUT2D eigenvalue weighted by atomic mass is 10.1. The average Bonchev–Trinajstić information content (AvgIpc) is 2.67. The molecule has 24 heavy (non-hydrogen) atoms. The molecule has 1 aromatic carbocycles. The Hall–Kier alpha value is -2.71. The summed E-state index contributed by atoms with van der Waals surface area (Å²) >= 11 is 0. The number of nitrogens with zero attached hydrogens (tertiary/aromatic N) is 3. The molecule has 0 atom stereocenters. The molecule has 3 rings (SSSR count). The highest BCUT2D eigenvalue weighted by Gasteiger charge is 2.24. The number of carbonyl (C=O) groups excluding carboxylic acids is 1. The number of pyridine rings is 1. The van der Waals surface area contributed by atoms with Gasteiger partial charge in [-0.3, -0.25) is 4.79 Å². The lowest BCUT2D eigenvalue weighted by Gasteiger charge is -2.32. The quantitative estimate of drug-likeness (QED) is 0.868. The van der Waals surface area contributed by atoms with Gasteiger partial charge < -0.3 is 9.64 Å². The molecule has 0 radical (unpaired) electrons. The first-order valence-corrected chi connectivity index (χ1v) is 8.07. The topological polar surface area (TPSA) is 66.2 Å². The number of piperidine rings is 1. The summed E-state index contributed by atoms with van der Waals surface area (Å²) in [6.07, 6.45) is 3.33. The van der Waals surface area contributed by atoms with E-state index in [0.29, 0.717) is 31.0 Å². The first-order valence-electron chi connectivity index (χ1n) is 8.07. The third-order valence-corrected chi connectivity index (χ3v) is 4.18. The Labute approximate surface area is 141 Å². The summed E-state index contributed by atoms with van der Waals surface area (Å²) in [4.78, 5) is 18.2. The summed E-state index contributed by atoms with van der Waals surface area (Å²) in [5.41, 5.74) is 2.01. The van der Waals surface area contributed by atoms with Crippen molar-refractivity contribution in [2.24, 2.45) is 0 Å². The maximum atomic E-state index is 12.4. The van der Waals surface area contributed by atoms with E-state index in [1.54, 1.807) is 12.1 Å². The summed E-state index contributed by atoms with van der Waals surface area (Å²) < 4.78 is 5.95. The fraction of sp³-hybridized carbons (Fsp3) is 0.316. The van der Waals surface area contributed by atoms with E-state index in [2.05, 4.69) is 17.1 Å². The molecule has 0 N–H and O–H groups in total. The van der Waals surface area contributed by atoms with E-state index in [0.717, 1.165) is 12.8 Å². The Bertz CT molecular complexity index is 715. The van der Waals surface area contributed by atoms with Crippen LogP contribution < -0.4 is 0 Å². The van der Waals surface area contributed by atoms with Crippen molar-refractivity contribution in [2.75, 3.05) is 13.1 Å². The largest absolute Gasteiger partial charge is 0.373 e. The molecular weight excluding hydrogens is 302 g/mol. The van der Waals surface area contributed by atoms with Crippen molar-refractivity contribution in [1.29, 1.82) is 5.26 Å². The molecule has 0 unspecified atom stereocenters. The minimum absolute atomic E-state index is 0.0338. The van der Waals surface area contributed by atoms with Crippen LogP contribution in [0.5, 0.6) is 0 Å². The minimum Gasteiger partial charge on any atom is -0.373 e. The third kappa shape index (κ3) is 3.98. The van der Waals surface area contributed by atoms with Gasteiger partial charge in [0, 0.05) is 19.3 Å². The minimum atomic E-state index is -0.0338. The van der Waals surface area contributed by atoms with E-state index in [-0.39, 0.29) is 12.0 Å². The maximum Gasteiger partial charge on any atom is 0.255 e. The SMILES string of the molecule is N#Cc1ccc(C(=O)N2CCC(OCc3ccccc3)CC2)cn1. The number of ether oxygens (including phenoxy) is 1. The number of aromatic nitrogens is 1. The number of benzene rings is 1. The highest BCUT2D eigenvalue weighted by Crippen LogP contribution is 2.17. The monoisotopic (exact) mass is 321 g/mol. The standard InChI is InChI=1S/C19H19N3O2/c20-12-17-7-6-16(13-21-17)19(23)22-10-8-18(9-11-22)24-14-15-4-2-1-3-5-15/h1-7,13,18H,8-11,14H2. The van der Waals surface area contributed by atoms with Gasteiger partial charge in [-0.15, -0.1) is 0 Å². The van der Waals surface area contributed by atoms with Gasteiger partial charge in [-0.2, -0.15) is 5.26 Å². The Kier molecular flexibility index (Phi) is 5.19. The van der Waals surface area contributed by atoms with Crippen molar-refractivity contribution in [3.8, 4) is 6.07 Å². The molecule has 5 heteroatoms. The van der Waals surface area contributed by atoms with Crippen molar-refractivity contribution < 1.29 is 9.53 Å². The number of carbonyl (C=O) groups is 1. The second-order valence-corrected chi connectivity index (χ2v) is 5.83. The van der Waals surface area contributed by atoms with Gasteiger partial charge in [-0.1, -0.05) is 30.3 Å². The number of likely N-dealkylation sites (tertiary alicyclic amines) is 1. The van der Waals surface area contributed by atoms with Gasteiger partial charge in [0.25, 0.3) is 5.91 Å². The highest BCUT2D eigenvalue weighted by atomic mass is 16.5. The molecule has 2 heterocycles. The van der Waals surface area contributed by atoms with Gasteiger partial charge >= 0.3 is 0 Å². The molecule has 1 aromatic heterocycles. The first kappa shape index (κ1) is 16.2. The third-order valence-electron chi connectivity index (χ3n) is 4.18. The van der Waals surface area contributed by atoms with Gasteiger partial charge in [0.1, 0.15) is 11.8 Å². The summed E-state index contributed by atoms with van der Waals surface area (Å²) in [5, 5.41) is 8.76. The second-order valence-electron chi connectivity index (χ2n) is 5.83. The van der Waals surface area contributed by atoms with E-state index < -0.39 is 0 Å². The molecule has 0 bridgehead atoms. The summed E-state index contributed by atoms with van der Waals surface area (Å²) in [6.45, 7) is 1.97. The molecule has 0 aliphatic carbocycles. The molecule has 1 amide bonds. The van der Waals surface area contributed by atoms with Crippen LogP contribution in [0.15, 0.2) is 48.7 Å². The van der Waals surface area contributed by atoms with E-state index >= 15 is 0 Å². The fourth-order valence-electron chi connectivity index (χ4n) is 2.78. The molecule has 2 aromatic rings. The lowest BCUT2D eigenvalue weighted by Crippen LogP contribution is -2.40. The zero-order chi connectivity index (χ0) is 16.8. The Morgan fingerprint density at radius 2 is 1.96 bits per heavy atom. The van der Waals surface area contributed by atoms with Gasteiger partial charge in [0.2, 0.25) is 0 Å². The van der Waals surface area contributed by atoms with Crippen LogP contribution in [-0.4, -0.2) is 35.0 Å². The predicted octanol–water partition coefficient (Wildman–Crippen LogP) is 2.77. The van der Waals surface area contributed by atoms with Crippen LogP contribution in [-0.2, 0) is 11.3 Å². The van der Waals surface area contributed by atoms with Crippen LogP contribution >= 0.6 is 0 Å². The van der Waals surface area contributed by atoms with E-state index in [1.807, 2.05) is 29.2 Å². The Morgan fingerprint density at radius 1 is 1.21 bits per heavy atom. The van der Waals surface area contributed by atoms with Gasteiger partial charge in [0.05, 0.1) is 18.3 Å². The van der Waals surface area contributed by atoms with Crippen molar-refractivity contribution in [1.82, 2.24) is 9.88 Å². The predicted molar refractivity (Wildman–Crippen MR) is 89.1 cm³/mol. The zero-order valence-electron chi connectivity index (χ0n) is 13.4. The van der Waals surface area contributed by atoms with Crippen molar-refractivity contribution >= 4 is 5.91 Å². The molecule has 1 saturated heterocycles. The average molecular weight is 321 g/mol. The fourth-order valence-corrected chi connectivity index (χ4v) is 2.78. The summed E-state index contributed by atoms with van der Waals surface area (Å²) in [7, 11) is 0. The van der Waals surface area contributed by atoms with Crippen LogP contribution in [0, 0.1) is 11.3 Å². The van der Waals surface area contributed by atoms with Crippen LogP contribution in [0.4, 0.5) is 0 Å². The van der Waals surface area contributed by atoms with Crippen LogP contribution in [0.25, 0.3) is 0 Å². The number of rotatable bonds is 4. The summed E-state index contributed by atoms with van der Waals surface area (Å²) in [6, 6.07) is 15.3. The highest BCUT2D eigenvalue weighted by molar-refractivity contribution is 5.94. The number of hydrogen-bond acceptors (Lipinski definition) is 4. The van der Waals surface area contributed by atoms with E-state index in [4.69, 9.17) is 10.00 Å². The Morgan fingerprint density at radius 3 is 2.58 bits per heavy atom. The smallest absolute Gasteiger partial charge is 0.255 e. The first-order chi connectivity index (χ1) is 11.8. The van der Waals surface area contributed by atoms with Crippen molar-refractivity contribution in [2.45, 2.75) is 25.6 Å². The molecule has 1 aliphatic heterocycles. The second kappa shape index (κ2) is 7.71. The lowest BCUT2D eigenvalue weighted by molar-refractivity contribution is -0.000387. The molecule has 0 spiro atoms. The number of nitriles is 1.